The van der Waals surface area contributed by atoms with E-state index < -0.39 is 6.04 Å². The molecule has 0 unspecified atom stereocenters. The van der Waals surface area contributed by atoms with Crippen LogP contribution in [0.25, 0.3) is 0 Å². The molecule has 2 aromatic carbocycles. The summed E-state index contributed by atoms with van der Waals surface area (Å²) in [5.41, 5.74) is 2.00. The fourth-order valence-corrected chi connectivity index (χ4v) is 3.97. The lowest BCUT2D eigenvalue weighted by atomic mass is 9.88. The first-order chi connectivity index (χ1) is 15.8. The van der Waals surface area contributed by atoms with Crippen LogP contribution >= 0.6 is 0 Å². The Hall–Kier alpha value is -3.22. The van der Waals surface area contributed by atoms with Gasteiger partial charge in [-0.05, 0) is 75.4 Å². The molecule has 1 fully saturated rings. The molecule has 2 atom stereocenters. The van der Waals surface area contributed by atoms with Crippen LogP contribution < -0.4 is 10.6 Å². The fraction of sp³-hybridized carbons (Fsp3) is 0.423. The summed E-state index contributed by atoms with van der Waals surface area (Å²) >= 11 is 0. The molecular formula is C26H32FN3O3. The van der Waals surface area contributed by atoms with Crippen molar-refractivity contribution < 1.29 is 18.8 Å². The second-order valence-electron chi connectivity index (χ2n) is 8.77. The highest BCUT2D eigenvalue weighted by Gasteiger charge is 2.34. The van der Waals surface area contributed by atoms with Crippen LogP contribution in [0.3, 0.4) is 0 Å². The lowest BCUT2D eigenvalue weighted by Crippen LogP contribution is -2.55. The van der Waals surface area contributed by atoms with Gasteiger partial charge in [-0.2, -0.15) is 0 Å². The van der Waals surface area contributed by atoms with Gasteiger partial charge in [0.25, 0.3) is 11.8 Å². The highest BCUT2D eigenvalue weighted by molar-refractivity contribution is 5.98. The van der Waals surface area contributed by atoms with Gasteiger partial charge in [0.15, 0.2) is 0 Å². The number of hydrogen-bond acceptors (Lipinski definition) is 3. The Kier molecular flexibility index (Phi) is 8.20. The number of hydrogen-bond donors (Lipinski definition) is 2. The Morgan fingerprint density at radius 2 is 1.55 bits per heavy atom. The first kappa shape index (κ1) is 24.4. The molecule has 1 aliphatic heterocycles. The van der Waals surface area contributed by atoms with Crippen molar-refractivity contribution in [2.75, 3.05) is 13.1 Å². The topological polar surface area (TPSA) is 78.5 Å². The van der Waals surface area contributed by atoms with Gasteiger partial charge >= 0.3 is 0 Å². The second-order valence-corrected chi connectivity index (χ2v) is 8.77. The number of halogens is 1. The number of nitrogens with zero attached hydrogens (tertiary/aromatic N) is 1. The summed E-state index contributed by atoms with van der Waals surface area (Å²) in [7, 11) is 0. The number of nitrogens with one attached hydrogen (secondary N) is 2. The van der Waals surface area contributed by atoms with E-state index in [2.05, 4.69) is 10.6 Å². The van der Waals surface area contributed by atoms with Gasteiger partial charge in [-0.15, -0.1) is 0 Å². The molecule has 0 aliphatic carbocycles. The number of aryl methyl sites for hydroxylation is 1. The zero-order valence-electron chi connectivity index (χ0n) is 19.4. The minimum Gasteiger partial charge on any atom is -0.352 e. The van der Waals surface area contributed by atoms with Crippen molar-refractivity contribution in [3.8, 4) is 0 Å². The molecule has 176 valence electrons. The lowest BCUT2D eigenvalue weighted by Gasteiger charge is -2.36. The van der Waals surface area contributed by atoms with E-state index in [1.165, 1.54) is 24.3 Å². The minimum atomic E-state index is -0.684. The third-order valence-electron chi connectivity index (χ3n) is 6.27. The quantitative estimate of drug-likeness (QED) is 0.671. The second kappa shape index (κ2) is 11.1. The van der Waals surface area contributed by atoms with E-state index in [1.54, 1.807) is 17.0 Å². The smallest absolute Gasteiger partial charge is 0.253 e. The predicted molar refractivity (Wildman–Crippen MR) is 125 cm³/mol. The van der Waals surface area contributed by atoms with Crippen molar-refractivity contribution in [2.45, 2.75) is 52.1 Å². The third-order valence-corrected chi connectivity index (χ3v) is 6.27. The number of carbonyl (C=O) groups is 3. The highest BCUT2D eigenvalue weighted by atomic mass is 19.1. The van der Waals surface area contributed by atoms with Gasteiger partial charge < -0.3 is 15.5 Å². The highest BCUT2D eigenvalue weighted by Crippen LogP contribution is 2.23. The fourth-order valence-electron chi connectivity index (χ4n) is 3.97. The zero-order valence-corrected chi connectivity index (χ0v) is 19.4. The Morgan fingerprint density at radius 3 is 2.12 bits per heavy atom. The van der Waals surface area contributed by atoms with Crippen LogP contribution in [0, 0.1) is 18.7 Å². The molecule has 2 N–H and O–H groups in total. The largest absolute Gasteiger partial charge is 0.352 e. The number of rotatable bonds is 7. The van der Waals surface area contributed by atoms with Crippen molar-refractivity contribution in [1.82, 2.24) is 15.5 Å². The van der Waals surface area contributed by atoms with Gasteiger partial charge in [0, 0.05) is 30.3 Å². The van der Waals surface area contributed by atoms with Crippen LogP contribution in [0.4, 0.5) is 4.39 Å². The number of benzene rings is 2. The van der Waals surface area contributed by atoms with Gasteiger partial charge in [0.05, 0.1) is 0 Å². The van der Waals surface area contributed by atoms with Gasteiger partial charge in [-0.1, -0.05) is 24.6 Å². The maximum atomic E-state index is 13.2. The normalized spacial score (nSPS) is 16.1. The van der Waals surface area contributed by atoms with Gasteiger partial charge in [-0.3, -0.25) is 14.4 Å². The van der Waals surface area contributed by atoms with Crippen LogP contribution in [-0.2, 0) is 4.79 Å². The lowest BCUT2D eigenvalue weighted by molar-refractivity contribution is -0.125. The minimum absolute atomic E-state index is 0.00331. The molecule has 0 saturated carbocycles. The van der Waals surface area contributed by atoms with E-state index in [4.69, 9.17) is 0 Å². The molecule has 0 bridgehead atoms. The Morgan fingerprint density at radius 1 is 0.970 bits per heavy atom. The van der Waals surface area contributed by atoms with Crippen LogP contribution in [0.1, 0.15) is 59.4 Å². The van der Waals surface area contributed by atoms with E-state index in [0.717, 1.165) is 12.0 Å². The molecule has 0 spiro atoms. The Bertz CT molecular complexity index is 967. The maximum absolute atomic E-state index is 13.2. The molecule has 33 heavy (non-hydrogen) atoms. The average Bonchev–Trinajstić information content (AvgIpc) is 2.82. The summed E-state index contributed by atoms with van der Waals surface area (Å²) < 4.78 is 13.2. The van der Waals surface area contributed by atoms with Crippen LogP contribution in [0.2, 0.25) is 0 Å². The molecule has 0 radical (unpaired) electrons. The molecular weight excluding hydrogens is 421 g/mol. The van der Waals surface area contributed by atoms with E-state index in [1.807, 2.05) is 32.9 Å². The van der Waals surface area contributed by atoms with E-state index in [9.17, 15) is 18.8 Å². The summed E-state index contributed by atoms with van der Waals surface area (Å²) in [5.74, 6) is -1.12. The molecule has 0 aromatic heterocycles. The van der Waals surface area contributed by atoms with Crippen molar-refractivity contribution >= 4 is 17.7 Å². The first-order valence-electron chi connectivity index (χ1n) is 11.5. The van der Waals surface area contributed by atoms with Crippen molar-refractivity contribution in [1.29, 1.82) is 0 Å². The van der Waals surface area contributed by atoms with Crippen molar-refractivity contribution in [2.24, 2.45) is 5.92 Å². The molecule has 3 rings (SSSR count). The van der Waals surface area contributed by atoms with Gasteiger partial charge in [0.1, 0.15) is 11.9 Å². The number of piperidine rings is 1. The SMILES string of the molecule is CC[C@@H](C)NC(=O)[C@@H](NC(=O)c1ccc(C)cc1)C1CCN(C(=O)c2ccc(F)cc2)CC1. The van der Waals surface area contributed by atoms with E-state index >= 15 is 0 Å². The van der Waals surface area contributed by atoms with Crippen LogP contribution in [0.5, 0.6) is 0 Å². The predicted octanol–water partition coefficient (Wildman–Crippen LogP) is 3.70. The van der Waals surface area contributed by atoms with E-state index in [0.29, 0.717) is 37.1 Å². The summed E-state index contributed by atoms with van der Waals surface area (Å²) in [4.78, 5) is 40.4. The number of carbonyl (C=O) groups excluding carboxylic acids is 3. The van der Waals surface area contributed by atoms with Crippen molar-refractivity contribution in [3.63, 3.8) is 0 Å². The first-order valence-corrected chi connectivity index (χ1v) is 11.5. The van der Waals surface area contributed by atoms with Crippen LogP contribution in [-0.4, -0.2) is 47.8 Å². The van der Waals surface area contributed by atoms with Crippen molar-refractivity contribution in [3.05, 3.63) is 71.0 Å². The standard InChI is InChI=1S/C26H32FN3O3/c1-4-18(3)28-25(32)23(29-24(31)20-7-5-17(2)6-8-20)19-13-15-30(16-14-19)26(33)21-9-11-22(27)12-10-21/h5-12,18-19,23H,4,13-16H2,1-3H3,(H,28,32)(H,29,31)/t18-,23+/m1/s1. The van der Waals surface area contributed by atoms with Gasteiger partial charge in [0.2, 0.25) is 5.91 Å². The number of amides is 3. The molecule has 6 nitrogen and oxygen atoms in total. The molecule has 1 heterocycles. The summed E-state index contributed by atoms with van der Waals surface area (Å²) in [6.45, 7) is 6.80. The summed E-state index contributed by atoms with van der Waals surface area (Å²) in [5, 5.41) is 5.93. The third kappa shape index (κ3) is 6.40. The molecule has 3 amide bonds. The molecule has 7 heteroatoms. The Labute approximate surface area is 194 Å². The molecule has 1 saturated heterocycles. The number of likely N-dealkylation sites (tertiary alicyclic amines) is 1. The van der Waals surface area contributed by atoms with Crippen LogP contribution in [0.15, 0.2) is 48.5 Å². The average molecular weight is 454 g/mol. The molecule has 2 aromatic rings. The summed E-state index contributed by atoms with van der Waals surface area (Å²) in [6, 6.07) is 12.0. The summed E-state index contributed by atoms with van der Waals surface area (Å²) in [6.07, 6.45) is 1.95. The van der Waals surface area contributed by atoms with Gasteiger partial charge in [-0.25, -0.2) is 4.39 Å². The molecule has 1 aliphatic rings. The zero-order chi connectivity index (χ0) is 24.0. The van der Waals surface area contributed by atoms with E-state index in [-0.39, 0.29) is 35.5 Å². The Balaban J connectivity index is 1.69. The maximum Gasteiger partial charge on any atom is 0.253 e. The monoisotopic (exact) mass is 453 g/mol.